The molecule has 1 fully saturated rings. The summed E-state index contributed by atoms with van der Waals surface area (Å²) in [6.45, 7) is 8.91. The third-order valence-electron chi connectivity index (χ3n) is 2.48. The van der Waals surface area contributed by atoms with Crippen LogP contribution in [0.3, 0.4) is 0 Å². The Balaban J connectivity index is 1.74. The predicted molar refractivity (Wildman–Crippen MR) is 62.5 cm³/mol. The lowest BCUT2D eigenvalue weighted by atomic mass is 10.1. The normalized spacial score (nSPS) is 17.1. The van der Waals surface area contributed by atoms with Crippen molar-refractivity contribution in [3.63, 3.8) is 0 Å². The number of nitrogens with zero attached hydrogens (tertiary/aromatic N) is 1. The number of nitrogens with one attached hydrogen (secondary N) is 1. The Kier molecular flexibility index (Phi) is 3.81. The van der Waals surface area contributed by atoms with Gasteiger partial charge in [0.15, 0.2) is 5.76 Å². The molecule has 0 aromatic carbocycles. The van der Waals surface area contributed by atoms with Gasteiger partial charge in [0.25, 0.3) is 0 Å². The lowest BCUT2D eigenvalue weighted by molar-refractivity contribution is -0.138. The average Bonchev–Trinajstić information content (AvgIpc) is 2.59. The highest BCUT2D eigenvalue weighted by atomic mass is 16.6. The molecule has 5 heteroatoms. The van der Waals surface area contributed by atoms with Gasteiger partial charge >= 0.3 is 0 Å². The van der Waals surface area contributed by atoms with E-state index in [4.69, 9.17) is 14.0 Å². The van der Waals surface area contributed by atoms with Crippen molar-refractivity contribution in [3.05, 3.63) is 17.5 Å². The quantitative estimate of drug-likeness (QED) is 0.844. The molecular formula is C12H20N2O3. The van der Waals surface area contributed by atoms with Crippen molar-refractivity contribution in [2.45, 2.75) is 45.6 Å². The smallest absolute Gasteiger partial charge is 0.162 e. The van der Waals surface area contributed by atoms with Gasteiger partial charge in [0, 0.05) is 18.2 Å². The number of hydrogen-bond acceptors (Lipinski definition) is 5. The summed E-state index contributed by atoms with van der Waals surface area (Å²) in [5, 5.41) is 7.35. The van der Waals surface area contributed by atoms with Gasteiger partial charge in [0.2, 0.25) is 0 Å². The van der Waals surface area contributed by atoms with Crippen molar-refractivity contribution in [1.29, 1.82) is 0 Å². The molecule has 0 bridgehead atoms. The van der Waals surface area contributed by atoms with Crippen molar-refractivity contribution in [1.82, 2.24) is 10.5 Å². The molecule has 0 unspecified atom stereocenters. The van der Waals surface area contributed by atoms with Gasteiger partial charge in [-0.2, -0.15) is 0 Å². The van der Waals surface area contributed by atoms with Crippen LogP contribution in [-0.2, 0) is 22.6 Å². The van der Waals surface area contributed by atoms with E-state index in [2.05, 4.69) is 31.2 Å². The van der Waals surface area contributed by atoms with Gasteiger partial charge in [-0.15, -0.1) is 0 Å². The van der Waals surface area contributed by atoms with Crippen LogP contribution in [0.5, 0.6) is 0 Å². The van der Waals surface area contributed by atoms with E-state index in [-0.39, 0.29) is 11.6 Å². The second kappa shape index (κ2) is 5.16. The molecule has 0 radical (unpaired) electrons. The molecule has 2 rings (SSSR count). The minimum absolute atomic E-state index is 0.0822. The van der Waals surface area contributed by atoms with Gasteiger partial charge in [0.1, 0.15) is 12.7 Å². The highest BCUT2D eigenvalue weighted by molar-refractivity contribution is 5.04. The molecular weight excluding hydrogens is 220 g/mol. The molecule has 17 heavy (non-hydrogen) atoms. The zero-order valence-electron chi connectivity index (χ0n) is 10.7. The zero-order chi connectivity index (χ0) is 12.3. The van der Waals surface area contributed by atoms with Crippen molar-refractivity contribution < 1.29 is 14.0 Å². The third kappa shape index (κ3) is 4.11. The maximum atomic E-state index is 5.54. The van der Waals surface area contributed by atoms with Crippen molar-refractivity contribution in [2.75, 3.05) is 13.2 Å². The molecule has 0 amide bonds. The first-order chi connectivity index (χ1) is 8.03. The first kappa shape index (κ1) is 12.5. The summed E-state index contributed by atoms with van der Waals surface area (Å²) >= 11 is 0. The Labute approximate surface area is 101 Å². The maximum absolute atomic E-state index is 5.54. The Morgan fingerprint density at radius 1 is 1.47 bits per heavy atom. The molecule has 1 aliphatic heterocycles. The summed E-state index contributed by atoms with van der Waals surface area (Å²) in [6.07, 6.45) is 0.219. The monoisotopic (exact) mass is 240 g/mol. The van der Waals surface area contributed by atoms with Crippen LogP contribution in [0.2, 0.25) is 0 Å². The van der Waals surface area contributed by atoms with Gasteiger partial charge in [-0.1, -0.05) is 5.16 Å². The molecule has 1 N–H and O–H groups in total. The molecule has 2 heterocycles. The zero-order valence-corrected chi connectivity index (χ0v) is 10.7. The van der Waals surface area contributed by atoms with Crippen LogP contribution in [0.4, 0.5) is 0 Å². The largest absolute Gasteiger partial charge is 0.376 e. The standard InChI is InChI=1S/C12H20N2O3/c1-12(2,3)13-5-9-4-10(17-14-9)8-16-11-6-15-7-11/h4,11,13H,5-8H2,1-3H3. The highest BCUT2D eigenvalue weighted by Crippen LogP contribution is 2.11. The molecule has 0 atom stereocenters. The fraction of sp³-hybridized carbons (Fsp3) is 0.750. The Bertz CT molecular complexity index is 353. The van der Waals surface area contributed by atoms with E-state index < -0.39 is 0 Å². The molecule has 0 aliphatic carbocycles. The topological polar surface area (TPSA) is 56.5 Å². The second-order valence-corrected chi connectivity index (χ2v) is 5.36. The number of hydrogen-bond donors (Lipinski definition) is 1. The highest BCUT2D eigenvalue weighted by Gasteiger charge is 2.19. The van der Waals surface area contributed by atoms with Gasteiger partial charge in [-0.25, -0.2) is 0 Å². The molecule has 0 saturated carbocycles. The van der Waals surface area contributed by atoms with Crippen LogP contribution in [-0.4, -0.2) is 30.0 Å². The third-order valence-corrected chi connectivity index (χ3v) is 2.48. The second-order valence-electron chi connectivity index (χ2n) is 5.36. The van der Waals surface area contributed by atoms with Crippen LogP contribution in [0.15, 0.2) is 10.6 Å². The fourth-order valence-electron chi connectivity index (χ4n) is 1.37. The van der Waals surface area contributed by atoms with Crippen LogP contribution in [0.1, 0.15) is 32.2 Å². The minimum Gasteiger partial charge on any atom is -0.376 e. The van der Waals surface area contributed by atoms with E-state index >= 15 is 0 Å². The molecule has 5 nitrogen and oxygen atoms in total. The SMILES string of the molecule is CC(C)(C)NCc1cc(COC2COC2)on1. The first-order valence-corrected chi connectivity index (χ1v) is 5.92. The van der Waals surface area contributed by atoms with Crippen LogP contribution in [0.25, 0.3) is 0 Å². The van der Waals surface area contributed by atoms with Crippen LogP contribution in [0, 0.1) is 0 Å². The van der Waals surface area contributed by atoms with Gasteiger partial charge in [-0.05, 0) is 20.8 Å². The van der Waals surface area contributed by atoms with E-state index in [9.17, 15) is 0 Å². The Morgan fingerprint density at radius 3 is 2.82 bits per heavy atom. The summed E-state index contributed by atoms with van der Waals surface area (Å²) in [5.74, 6) is 0.766. The molecule has 96 valence electrons. The lowest BCUT2D eigenvalue weighted by Gasteiger charge is -2.25. The maximum Gasteiger partial charge on any atom is 0.162 e. The predicted octanol–water partition coefficient (Wildman–Crippen LogP) is 1.48. The van der Waals surface area contributed by atoms with Crippen LogP contribution >= 0.6 is 0 Å². The van der Waals surface area contributed by atoms with Crippen LogP contribution < -0.4 is 5.32 Å². The Hall–Kier alpha value is -0.910. The van der Waals surface area contributed by atoms with Crippen molar-refractivity contribution in [2.24, 2.45) is 0 Å². The summed E-state index contributed by atoms with van der Waals surface area (Å²) < 4.78 is 15.8. The summed E-state index contributed by atoms with van der Waals surface area (Å²) in [5.41, 5.74) is 0.988. The average molecular weight is 240 g/mol. The van der Waals surface area contributed by atoms with E-state index in [0.29, 0.717) is 26.4 Å². The van der Waals surface area contributed by atoms with Gasteiger partial charge in [0.05, 0.1) is 18.9 Å². The summed E-state index contributed by atoms with van der Waals surface area (Å²) in [7, 11) is 0. The number of ether oxygens (including phenoxy) is 2. The van der Waals surface area contributed by atoms with E-state index in [1.54, 1.807) is 0 Å². The minimum atomic E-state index is 0.0822. The first-order valence-electron chi connectivity index (χ1n) is 5.92. The van der Waals surface area contributed by atoms with Crippen molar-refractivity contribution in [3.8, 4) is 0 Å². The van der Waals surface area contributed by atoms with Crippen molar-refractivity contribution >= 4 is 0 Å². The number of aromatic nitrogens is 1. The van der Waals surface area contributed by atoms with E-state index in [1.165, 1.54) is 0 Å². The molecule has 1 aromatic rings. The fourth-order valence-corrected chi connectivity index (χ4v) is 1.37. The summed E-state index contributed by atoms with van der Waals surface area (Å²) in [4.78, 5) is 0. The molecule has 1 aliphatic rings. The lowest BCUT2D eigenvalue weighted by Crippen LogP contribution is -2.35. The Morgan fingerprint density at radius 2 is 2.24 bits per heavy atom. The van der Waals surface area contributed by atoms with E-state index in [0.717, 1.165) is 11.5 Å². The van der Waals surface area contributed by atoms with Gasteiger partial charge < -0.3 is 19.3 Å². The van der Waals surface area contributed by atoms with Gasteiger partial charge in [-0.3, -0.25) is 0 Å². The number of rotatable bonds is 5. The molecule has 0 spiro atoms. The summed E-state index contributed by atoms with van der Waals surface area (Å²) in [6, 6.07) is 1.93. The molecule has 1 aromatic heterocycles. The van der Waals surface area contributed by atoms with E-state index in [1.807, 2.05) is 6.07 Å². The molecule has 1 saturated heterocycles.